The maximum Gasteiger partial charge on any atom is 0.365 e. The van der Waals surface area contributed by atoms with Gasteiger partial charge in [0.25, 0.3) is 0 Å². The van der Waals surface area contributed by atoms with E-state index in [1.54, 1.807) is 24.3 Å². The fourth-order valence-electron chi connectivity index (χ4n) is 1.30. The monoisotopic (exact) mass is 225 g/mol. The van der Waals surface area contributed by atoms with Gasteiger partial charge < -0.3 is 4.84 Å². The summed E-state index contributed by atoms with van der Waals surface area (Å²) >= 11 is 0. The lowest BCUT2D eigenvalue weighted by Crippen LogP contribution is -2.00. The molecular weight excluding hydrogens is 214 g/mol. The molecule has 0 saturated heterocycles. The Labute approximate surface area is 99.3 Å². The summed E-state index contributed by atoms with van der Waals surface area (Å²) in [6, 6.07) is 18.2. The van der Waals surface area contributed by atoms with E-state index in [2.05, 4.69) is 5.16 Å². The van der Waals surface area contributed by atoms with Crippen LogP contribution in [0.4, 0.5) is 0 Å². The lowest BCUT2D eigenvalue weighted by Gasteiger charge is -1.96. The molecule has 0 aliphatic rings. The molecule has 0 fully saturated rings. The van der Waals surface area contributed by atoms with Gasteiger partial charge in [0, 0.05) is 0 Å². The Morgan fingerprint density at radius 3 is 2.18 bits per heavy atom. The van der Waals surface area contributed by atoms with E-state index in [0.29, 0.717) is 5.56 Å². The van der Waals surface area contributed by atoms with Crippen LogP contribution in [0.25, 0.3) is 0 Å². The van der Waals surface area contributed by atoms with Gasteiger partial charge in [-0.15, -0.1) is 0 Å². The van der Waals surface area contributed by atoms with Crippen LogP contribution in [0.15, 0.2) is 65.8 Å². The van der Waals surface area contributed by atoms with E-state index in [-0.39, 0.29) is 0 Å². The Balaban J connectivity index is 1.95. The minimum Gasteiger partial charge on any atom is -0.313 e. The molecule has 0 saturated carbocycles. The highest BCUT2D eigenvalue weighted by atomic mass is 16.7. The Hall–Kier alpha value is -2.42. The van der Waals surface area contributed by atoms with Gasteiger partial charge in [-0.1, -0.05) is 53.7 Å². The topological polar surface area (TPSA) is 38.7 Å². The van der Waals surface area contributed by atoms with Gasteiger partial charge in [-0.05, 0) is 17.7 Å². The summed E-state index contributed by atoms with van der Waals surface area (Å²) in [5.74, 6) is -0.460. The van der Waals surface area contributed by atoms with Gasteiger partial charge in [0.05, 0.1) is 11.8 Å². The van der Waals surface area contributed by atoms with Crippen molar-refractivity contribution < 1.29 is 9.63 Å². The number of rotatable bonds is 3. The third-order valence-corrected chi connectivity index (χ3v) is 2.15. The van der Waals surface area contributed by atoms with Crippen molar-refractivity contribution in [3.8, 4) is 0 Å². The molecule has 0 bridgehead atoms. The van der Waals surface area contributed by atoms with Crippen LogP contribution < -0.4 is 0 Å². The molecule has 0 aromatic heterocycles. The van der Waals surface area contributed by atoms with Gasteiger partial charge in [-0.2, -0.15) is 0 Å². The molecule has 17 heavy (non-hydrogen) atoms. The lowest BCUT2D eigenvalue weighted by atomic mass is 10.2. The molecule has 0 atom stereocenters. The van der Waals surface area contributed by atoms with Crippen molar-refractivity contribution in [1.29, 1.82) is 0 Å². The summed E-state index contributed by atoms with van der Waals surface area (Å²) in [6.07, 6.45) is 1.50. The average molecular weight is 225 g/mol. The standard InChI is InChI=1S/C14H11NO2/c16-14(13-9-5-2-6-10-13)17-15-11-12-7-3-1-4-8-12/h1-11H. The molecule has 2 aromatic rings. The third-order valence-electron chi connectivity index (χ3n) is 2.15. The number of oxime groups is 1. The maximum absolute atomic E-state index is 11.5. The highest BCUT2D eigenvalue weighted by Crippen LogP contribution is 2.01. The number of carbonyl (C=O) groups excluding carboxylic acids is 1. The quantitative estimate of drug-likeness (QED) is 0.457. The van der Waals surface area contributed by atoms with Crippen LogP contribution in [0.1, 0.15) is 15.9 Å². The zero-order chi connectivity index (χ0) is 11.9. The highest BCUT2D eigenvalue weighted by molar-refractivity contribution is 5.90. The first-order valence-corrected chi connectivity index (χ1v) is 5.21. The molecule has 0 spiro atoms. The van der Waals surface area contributed by atoms with Crippen molar-refractivity contribution in [2.24, 2.45) is 5.16 Å². The van der Waals surface area contributed by atoms with Crippen LogP contribution in [-0.4, -0.2) is 12.2 Å². The zero-order valence-corrected chi connectivity index (χ0v) is 9.11. The van der Waals surface area contributed by atoms with Crippen LogP contribution in [0.2, 0.25) is 0 Å². The van der Waals surface area contributed by atoms with Gasteiger partial charge in [0.2, 0.25) is 0 Å². The van der Waals surface area contributed by atoms with Crippen LogP contribution in [0.5, 0.6) is 0 Å². The summed E-state index contributed by atoms with van der Waals surface area (Å²) in [4.78, 5) is 16.3. The number of carbonyl (C=O) groups is 1. The van der Waals surface area contributed by atoms with E-state index in [1.807, 2.05) is 36.4 Å². The molecule has 0 aliphatic heterocycles. The normalized spacial score (nSPS) is 10.4. The molecule has 2 rings (SSSR count). The Bertz CT molecular complexity index is 506. The Kier molecular flexibility index (Phi) is 3.65. The molecule has 0 heterocycles. The molecule has 0 radical (unpaired) electrons. The summed E-state index contributed by atoms with van der Waals surface area (Å²) in [7, 11) is 0. The summed E-state index contributed by atoms with van der Waals surface area (Å²) in [5.41, 5.74) is 1.37. The van der Waals surface area contributed by atoms with Gasteiger partial charge in [0.1, 0.15) is 0 Å². The minimum absolute atomic E-state index is 0.460. The predicted molar refractivity (Wildman–Crippen MR) is 65.9 cm³/mol. The fraction of sp³-hybridized carbons (Fsp3) is 0. The van der Waals surface area contributed by atoms with E-state index < -0.39 is 5.97 Å². The summed E-state index contributed by atoms with van der Waals surface area (Å²) in [5, 5.41) is 3.64. The number of nitrogens with zero attached hydrogens (tertiary/aromatic N) is 1. The highest BCUT2D eigenvalue weighted by Gasteiger charge is 2.04. The second-order valence-electron chi connectivity index (χ2n) is 3.39. The molecule has 84 valence electrons. The molecule has 0 amide bonds. The van der Waals surface area contributed by atoms with Crippen LogP contribution in [0, 0.1) is 0 Å². The zero-order valence-electron chi connectivity index (χ0n) is 9.11. The molecule has 0 aliphatic carbocycles. The van der Waals surface area contributed by atoms with E-state index in [1.165, 1.54) is 6.21 Å². The van der Waals surface area contributed by atoms with Crippen LogP contribution in [0.3, 0.4) is 0 Å². The first-order valence-electron chi connectivity index (χ1n) is 5.21. The maximum atomic E-state index is 11.5. The van der Waals surface area contributed by atoms with Gasteiger partial charge in [0.15, 0.2) is 0 Å². The molecule has 3 heteroatoms. The number of benzene rings is 2. The average Bonchev–Trinajstić information content (AvgIpc) is 2.41. The van der Waals surface area contributed by atoms with Crippen molar-refractivity contribution in [3.05, 3.63) is 71.8 Å². The van der Waals surface area contributed by atoms with E-state index in [0.717, 1.165) is 5.56 Å². The summed E-state index contributed by atoms with van der Waals surface area (Å²) in [6.45, 7) is 0. The SMILES string of the molecule is O=C(ON=Cc1ccccc1)c1ccccc1. The van der Waals surface area contributed by atoms with Crippen molar-refractivity contribution in [2.45, 2.75) is 0 Å². The van der Waals surface area contributed by atoms with Gasteiger partial charge in [-0.25, -0.2) is 4.79 Å². The van der Waals surface area contributed by atoms with Crippen molar-refractivity contribution in [1.82, 2.24) is 0 Å². The van der Waals surface area contributed by atoms with Crippen molar-refractivity contribution >= 4 is 12.2 Å². The summed E-state index contributed by atoms with van der Waals surface area (Å²) < 4.78 is 0. The van der Waals surface area contributed by atoms with Crippen molar-refractivity contribution in [3.63, 3.8) is 0 Å². The fourth-order valence-corrected chi connectivity index (χ4v) is 1.30. The minimum atomic E-state index is -0.460. The lowest BCUT2D eigenvalue weighted by molar-refractivity contribution is 0.0519. The molecule has 3 nitrogen and oxygen atoms in total. The van der Waals surface area contributed by atoms with Gasteiger partial charge >= 0.3 is 5.97 Å². The van der Waals surface area contributed by atoms with Crippen molar-refractivity contribution in [2.75, 3.05) is 0 Å². The number of hydrogen-bond donors (Lipinski definition) is 0. The van der Waals surface area contributed by atoms with Crippen LogP contribution in [-0.2, 0) is 4.84 Å². The van der Waals surface area contributed by atoms with E-state index in [9.17, 15) is 4.79 Å². The van der Waals surface area contributed by atoms with Gasteiger partial charge in [-0.3, -0.25) is 0 Å². The predicted octanol–water partition coefficient (Wildman–Crippen LogP) is 2.88. The second kappa shape index (κ2) is 5.61. The number of hydrogen-bond acceptors (Lipinski definition) is 3. The Morgan fingerprint density at radius 2 is 1.53 bits per heavy atom. The van der Waals surface area contributed by atoms with Crippen LogP contribution >= 0.6 is 0 Å². The second-order valence-corrected chi connectivity index (χ2v) is 3.39. The first kappa shape index (κ1) is 11.1. The molecule has 2 aromatic carbocycles. The first-order chi connectivity index (χ1) is 8.36. The molecule has 0 unspecified atom stereocenters. The molecular formula is C14H11NO2. The largest absolute Gasteiger partial charge is 0.365 e. The third kappa shape index (κ3) is 3.28. The van der Waals surface area contributed by atoms with E-state index >= 15 is 0 Å². The smallest absolute Gasteiger partial charge is 0.313 e. The molecule has 0 N–H and O–H groups in total. The Morgan fingerprint density at radius 1 is 0.941 bits per heavy atom. The van der Waals surface area contributed by atoms with E-state index in [4.69, 9.17) is 4.84 Å².